The van der Waals surface area contributed by atoms with Crippen molar-refractivity contribution in [2.24, 2.45) is 0 Å². The predicted octanol–water partition coefficient (Wildman–Crippen LogP) is 4.24. The molecule has 0 aliphatic carbocycles. The van der Waals surface area contributed by atoms with Crippen LogP contribution in [0.25, 0.3) is 5.65 Å². The molecule has 3 aromatic heterocycles. The highest BCUT2D eigenvalue weighted by Gasteiger charge is 2.15. The fraction of sp³-hybridized carbons (Fsp3) is 0.130. The van der Waals surface area contributed by atoms with Crippen LogP contribution in [0.1, 0.15) is 23.0 Å². The lowest BCUT2D eigenvalue weighted by Crippen LogP contribution is -2.17. The van der Waals surface area contributed by atoms with E-state index in [4.69, 9.17) is 21.1 Å². The number of carbonyl (C=O) groups is 1. The van der Waals surface area contributed by atoms with Gasteiger partial charge in [-0.2, -0.15) is 0 Å². The summed E-state index contributed by atoms with van der Waals surface area (Å²) >= 11 is 5.92. The lowest BCUT2D eigenvalue weighted by atomic mass is 10.2. The first-order valence-corrected chi connectivity index (χ1v) is 10.2. The van der Waals surface area contributed by atoms with Crippen LogP contribution in [0.3, 0.4) is 0 Å². The lowest BCUT2D eigenvalue weighted by molar-refractivity contribution is 0.0468. The zero-order valence-electron chi connectivity index (χ0n) is 17.1. The minimum Gasteiger partial charge on any atom is -0.494 e. The molecule has 8 nitrogen and oxygen atoms in total. The maximum atomic E-state index is 12.7. The van der Waals surface area contributed by atoms with Gasteiger partial charge in [0.15, 0.2) is 0 Å². The maximum absolute atomic E-state index is 12.7. The first-order chi connectivity index (χ1) is 15.5. The van der Waals surface area contributed by atoms with Crippen molar-refractivity contribution in [2.75, 3.05) is 11.9 Å². The molecule has 1 aromatic carbocycles. The fourth-order valence-corrected chi connectivity index (χ4v) is 3.19. The second-order valence-electron chi connectivity index (χ2n) is 6.72. The molecule has 9 heteroatoms. The second kappa shape index (κ2) is 9.49. The van der Waals surface area contributed by atoms with Gasteiger partial charge >= 0.3 is 5.97 Å². The summed E-state index contributed by atoms with van der Waals surface area (Å²) in [7, 11) is 0. The van der Waals surface area contributed by atoms with Crippen LogP contribution in [-0.2, 0) is 11.3 Å². The molecule has 4 aromatic rings. The summed E-state index contributed by atoms with van der Waals surface area (Å²) in [5, 5.41) is 3.53. The molecule has 0 bridgehead atoms. The molecule has 0 radical (unpaired) electrons. The predicted molar refractivity (Wildman–Crippen MR) is 121 cm³/mol. The number of aromatic nitrogens is 3. The smallest absolute Gasteiger partial charge is 0.342 e. The number of halogens is 1. The van der Waals surface area contributed by atoms with Crippen molar-refractivity contribution < 1.29 is 14.3 Å². The van der Waals surface area contributed by atoms with E-state index in [1.54, 1.807) is 30.5 Å². The van der Waals surface area contributed by atoms with E-state index >= 15 is 0 Å². The quantitative estimate of drug-likeness (QED) is 0.421. The molecule has 0 saturated heterocycles. The Bertz CT molecular complexity index is 1320. The Kier molecular flexibility index (Phi) is 6.32. The number of anilines is 2. The zero-order chi connectivity index (χ0) is 22.5. The number of carbonyl (C=O) groups excluding carboxylic acids is 1. The first-order valence-electron chi connectivity index (χ1n) is 9.83. The van der Waals surface area contributed by atoms with Crippen LogP contribution in [0.4, 0.5) is 11.5 Å². The molecular weight excluding hydrogens is 432 g/mol. The summed E-state index contributed by atoms with van der Waals surface area (Å²) in [6.45, 7) is 2.33. The molecule has 0 aliphatic rings. The minimum absolute atomic E-state index is 0.162. The third kappa shape index (κ3) is 4.87. The van der Waals surface area contributed by atoms with Gasteiger partial charge in [-0.1, -0.05) is 11.6 Å². The third-order valence-electron chi connectivity index (χ3n) is 4.48. The third-order valence-corrected chi connectivity index (χ3v) is 4.71. The summed E-state index contributed by atoms with van der Waals surface area (Å²) in [5.74, 6) is 0.507. The minimum atomic E-state index is -0.593. The zero-order valence-corrected chi connectivity index (χ0v) is 17.9. The Hall–Kier alpha value is -3.91. The topological polar surface area (TPSA) is 94.8 Å². The number of benzene rings is 1. The highest BCUT2D eigenvalue weighted by molar-refractivity contribution is 6.30. The van der Waals surface area contributed by atoms with Crippen molar-refractivity contribution in [3.63, 3.8) is 0 Å². The van der Waals surface area contributed by atoms with E-state index in [1.807, 2.05) is 31.2 Å². The van der Waals surface area contributed by atoms with Crippen molar-refractivity contribution in [1.29, 1.82) is 0 Å². The molecule has 4 rings (SSSR count). The average molecular weight is 451 g/mol. The Labute approximate surface area is 188 Å². The van der Waals surface area contributed by atoms with Gasteiger partial charge < -0.3 is 14.8 Å². The molecule has 0 spiro atoms. The second-order valence-corrected chi connectivity index (χ2v) is 7.16. The van der Waals surface area contributed by atoms with E-state index in [0.29, 0.717) is 28.8 Å². The summed E-state index contributed by atoms with van der Waals surface area (Å²) in [6, 6.07) is 15.1. The molecule has 3 heterocycles. The molecule has 1 N–H and O–H groups in total. The van der Waals surface area contributed by atoms with Crippen molar-refractivity contribution in [1.82, 2.24) is 14.4 Å². The number of pyridine rings is 2. The number of hydrogen-bond acceptors (Lipinski definition) is 7. The Morgan fingerprint density at radius 2 is 1.97 bits per heavy atom. The molecule has 0 amide bonds. The summed E-state index contributed by atoms with van der Waals surface area (Å²) in [5.41, 5.74) is 1.42. The lowest BCUT2D eigenvalue weighted by Gasteiger charge is -2.11. The van der Waals surface area contributed by atoms with Crippen LogP contribution in [0, 0.1) is 0 Å². The number of nitrogens with one attached hydrogen (secondary N) is 1. The maximum Gasteiger partial charge on any atom is 0.342 e. The molecule has 0 atom stereocenters. The normalized spacial score (nSPS) is 10.7. The summed E-state index contributed by atoms with van der Waals surface area (Å²) in [4.78, 5) is 33.6. The van der Waals surface area contributed by atoms with Crippen molar-refractivity contribution >= 4 is 34.7 Å². The number of ether oxygens (including phenoxy) is 2. The molecule has 0 fully saturated rings. The number of fused-ring (bicyclic) bond motifs is 1. The van der Waals surface area contributed by atoms with E-state index < -0.39 is 5.97 Å². The van der Waals surface area contributed by atoms with Gasteiger partial charge in [0.25, 0.3) is 5.56 Å². The van der Waals surface area contributed by atoms with Gasteiger partial charge in [0.2, 0.25) is 0 Å². The van der Waals surface area contributed by atoms with Crippen LogP contribution in [-0.4, -0.2) is 26.9 Å². The Morgan fingerprint density at radius 1 is 1.16 bits per heavy atom. The van der Waals surface area contributed by atoms with Crippen LogP contribution in [0.5, 0.6) is 5.75 Å². The molecule has 32 heavy (non-hydrogen) atoms. The van der Waals surface area contributed by atoms with Crippen LogP contribution < -0.4 is 15.6 Å². The van der Waals surface area contributed by atoms with Crippen LogP contribution >= 0.6 is 11.6 Å². The van der Waals surface area contributed by atoms with Crippen molar-refractivity contribution in [3.8, 4) is 5.75 Å². The van der Waals surface area contributed by atoms with Gasteiger partial charge in [-0.3, -0.25) is 9.20 Å². The first kappa shape index (κ1) is 21.3. The molecule has 0 saturated carbocycles. The van der Waals surface area contributed by atoms with Crippen LogP contribution in [0.2, 0.25) is 5.02 Å². The van der Waals surface area contributed by atoms with Gasteiger partial charge in [0, 0.05) is 24.1 Å². The Balaban J connectivity index is 1.49. The van der Waals surface area contributed by atoms with Gasteiger partial charge in [-0.15, -0.1) is 0 Å². The SMILES string of the molecule is CCOc1ccc(Nc2ncccc2C(=O)OCc2cc(=O)n3cc(Cl)ccc3n2)cc1. The summed E-state index contributed by atoms with van der Waals surface area (Å²) in [6.07, 6.45) is 3.06. The number of rotatable bonds is 7. The van der Waals surface area contributed by atoms with E-state index in [1.165, 1.54) is 16.7 Å². The van der Waals surface area contributed by atoms with E-state index in [-0.39, 0.29) is 17.7 Å². The largest absolute Gasteiger partial charge is 0.494 e. The van der Waals surface area contributed by atoms with Crippen molar-refractivity contribution in [2.45, 2.75) is 13.5 Å². The standard InChI is InChI=1S/C23H19ClN4O4/c1-2-31-18-8-6-16(7-9-18)27-22-19(4-3-11-25-22)23(30)32-14-17-12-21(29)28-13-15(24)5-10-20(28)26-17/h3-13H,2,14H2,1H3,(H,25,27). The molecule has 0 aliphatic heterocycles. The molecule has 0 unspecified atom stereocenters. The van der Waals surface area contributed by atoms with Gasteiger partial charge in [0.1, 0.15) is 29.4 Å². The average Bonchev–Trinajstić information content (AvgIpc) is 2.80. The highest BCUT2D eigenvalue weighted by Crippen LogP contribution is 2.22. The Morgan fingerprint density at radius 3 is 2.75 bits per heavy atom. The highest BCUT2D eigenvalue weighted by atomic mass is 35.5. The fourth-order valence-electron chi connectivity index (χ4n) is 3.02. The number of nitrogens with zero attached hydrogens (tertiary/aromatic N) is 3. The van der Waals surface area contributed by atoms with E-state index in [2.05, 4.69) is 15.3 Å². The molecular formula is C23H19ClN4O4. The van der Waals surface area contributed by atoms with E-state index in [0.717, 1.165) is 11.4 Å². The van der Waals surface area contributed by atoms with Crippen LogP contribution in [0.15, 0.2) is 71.8 Å². The molecule has 162 valence electrons. The monoisotopic (exact) mass is 450 g/mol. The van der Waals surface area contributed by atoms with Crippen molar-refractivity contribution in [3.05, 3.63) is 93.6 Å². The van der Waals surface area contributed by atoms with Gasteiger partial charge in [-0.05, 0) is 55.5 Å². The number of hydrogen-bond donors (Lipinski definition) is 1. The van der Waals surface area contributed by atoms with Gasteiger partial charge in [0.05, 0.1) is 17.3 Å². The summed E-state index contributed by atoms with van der Waals surface area (Å²) < 4.78 is 12.2. The number of esters is 1. The van der Waals surface area contributed by atoms with E-state index in [9.17, 15) is 9.59 Å². The van der Waals surface area contributed by atoms with Gasteiger partial charge in [-0.25, -0.2) is 14.8 Å².